The number of unbranched alkanes of at least 4 members (excludes halogenated alkanes) is 1. The van der Waals surface area contributed by atoms with Crippen LogP contribution in [0.1, 0.15) is 31.7 Å². The molecule has 4 aromatic rings. The van der Waals surface area contributed by atoms with Gasteiger partial charge in [0, 0.05) is 48.5 Å². The molecule has 0 spiro atoms. The molecule has 0 saturated carbocycles. The number of nitrogens with one attached hydrogen (secondary N) is 1. The number of benzene rings is 2. The van der Waals surface area contributed by atoms with Gasteiger partial charge in [-0.15, -0.1) is 0 Å². The maximum atomic E-state index is 6.68. The van der Waals surface area contributed by atoms with Crippen LogP contribution in [0.3, 0.4) is 0 Å². The van der Waals surface area contributed by atoms with Crippen molar-refractivity contribution in [1.82, 2.24) is 24.8 Å². The van der Waals surface area contributed by atoms with E-state index in [1.165, 1.54) is 18.5 Å². The van der Waals surface area contributed by atoms with Gasteiger partial charge < -0.3 is 14.8 Å². The van der Waals surface area contributed by atoms with Crippen LogP contribution in [0.4, 0.5) is 0 Å². The molecule has 0 unspecified atom stereocenters. The molecule has 2 aromatic heterocycles. The Morgan fingerprint density at radius 2 is 1.85 bits per heavy atom. The zero-order valence-electron chi connectivity index (χ0n) is 19.6. The maximum Gasteiger partial charge on any atom is 0.0976 e. The molecule has 0 amide bonds. The first-order valence-electron chi connectivity index (χ1n) is 11.9. The van der Waals surface area contributed by atoms with Gasteiger partial charge >= 0.3 is 0 Å². The average molecular weight is 472 g/mol. The third-order valence-corrected chi connectivity index (χ3v) is 7.06. The lowest BCUT2D eigenvalue weighted by Gasteiger charge is -2.39. The predicted octanol–water partition coefficient (Wildman–Crippen LogP) is 6.72. The van der Waals surface area contributed by atoms with Crippen LogP contribution in [0, 0.1) is 0 Å². The van der Waals surface area contributed by atoms with Crippen LogP contribution < -0.4 is 0 Å². The monoisotopic (exact) mass is 471 g/mol. The van der Waals surface area contributed by atoms with Crippen LogP contribution in [0.5, 0.6) is 0 Å². The predicted molar refractivity (Wildman–Crippen MR) is 143 cm³/mol. The second-order valence-corrected chi connectivity index (χ2v) is 9.32. The Hall–Kier alpha value is -3.31. The first kappa shape index (κ1) is 22.5. The highest BCUT2D eigenvalue weighted by Gasteiger charge is 2.20. The van der Waals surface area contributed by atoms with Crippen LogP contribution in [0.15, 0.2) is 67.6 Å². The third kappa shape index (κ3) is 4.28. The summed E-state index contributed by atoms with van der Waals surface area (Å²) in [7, 11) is 0. The van der Waals surface area contributed by atoms with Gasteiger partial charge in [0.05, 0.1) is 33.6 Å². The Bertz CT molecular complexity index is 1360. The summed E-state index contributed by atoms with van der Waals surface area (Å²) >= 11 is 6.68. The summed E-state index contributed by atoms with van der Waals surface area (Å²) in [5, 5.41) is 1.62. The van der Waals surface area contributed by atoms with Gasteiger partial charge in [0.25, 0.3) is 0 Å². The maximum absolute atomic E-state index is 6.68. The Morgan fingerprint density at radius 1 is 1.06 bits per heavy atom. The smallest absolute Gasteiger partial charge is 0.0976 e. The number of fused-ring (bicyclic) bond motifs is 2. The van der Waals surface area contributed by atoms with Crippen LogP contribution in [-0.2, 0) is 0 Å². The van der Waals surface area contributed by atoms with Gasteiger partial charge in [-0.3, -0.25) is 0 Å². The SMILES string of the molecule is C=C(CCCC)N1CCN(C(=C)c2ccc3c(Cl)cc(-c4cccc5[nH]cnc45)nc3c2)CC1. The Labute approximate surface area is 205 Å². The van der Waals surface area contributed by atoms with Crippen molar-refractivity contribution >= 4 is 39.2 Å². The summed E-state index contributed by atoms with van der Waals surface area (Å²) in [4.78, 5) is 17.4. The normalized spacial score (nSPS) is 14.2. The molecule has 174 valence electrons. The minimum absolute atomic E-state index is 0.684. The van der Waals surface area contributed by atoms with E-state index in [1.807, 2.05) is 30.3 Å². The van der Waals surface area contributed by atoms with E-state index in [0.29, 0.717) is 5.02 Å². The molecule has 0 radical (unpaired) electrons. The average Bonchev–Trinajstić information content (AvgIpc) is 3.35. The van der Waals surface area contributed by atoms with E-state index in [4.69, 9.17) is 16.6 Å². The molecule has 1 aliphatic rings. The highest BCUT2D eigenvalue weighted by molar-refractivity contribution is 6.35. The number of H-pyrrole nitrogens is 1. The number of nitrogens with zero attached hydrogens (tertiary/aromatic N) is 4. The van der Waals surface area contributed by atoms with Crippen LogP contribution >= 0.6 is 11.6 Å². The second kappa shape index (κ2) is 9.51. The molecule has 1 aliphatic heterocycles. The summed E-state index contributed by atoms with van der Waals surface area (Å²) in [5.74, 6) is 0. The lowest BCUT2D eigenvalue weighted by atomic mass is 10.0. The van der Waals surface area contributed by atoms with Crippen LogP contribution in [-0.4, -0.2) is 50.9 Å². The number of rotatable bonds is 7. The summed E-state index contributed by atoms with van der Waals surface area (Å²) in [5.41, 5.74) is 7.88. The number of pyridine rings is 1. The number of halogens is 1. The van der Waals surface area contributed by atoms with Gasteiger partial charge in [0.1, 0.15) is 0 Å². The largest absolute Gasteiger partial charge is 0.372 e. The standard InChI is InChI=1S/C28H30ClN5/c1-4-5-7-19(2)33-12-14-34(15-13-33)20(3)21-10-11-22-24(29)17-27(32-26(22)16-21)23-8-6-9-25-28(23)31-18-30-25/h6,8-11,16-18H,2-5,7,12-15H2,1H3,(H,30,31). The molecule has 1 fully saturated rings. The van der Waals surface area contributed by atoms with Gasteiger partial charge in [-0.05, 0) is 36.6 Å². The van der Waals surface area contributed by atoms with Crippen molar-refractivity contribution in [2.75, 3.05) is 26.2 Å². The lowest BCUT2D eigenvalue weighted by molar-refractivity contribution is 0.209. The number of hydrogen-bond donors (Lipinski definition) is 1. The number of hydrogen-bond acceptors (Lipinski definition) is 4. The number of piperazine rings is 1. The topological polar surface area (TPSA) is 48.0 Å². The highest BCUT2D eigenvalue weighted by atomic mass is 35.5. The molecular formula is C28H30ClN5. The van der Waals surface area contributed by atoms with Crippen molar-refractivity contribution in [3.8, 4) is 11.3 Å². The number of aromatic amines is 1. The Kier molecular flexibility index (Phi) is 6.29. The van der Waals surface area contributed by atoms with Gasteiger partial charge in [0.2, 0.25) is 0 Å². The number of imidazole rings is 1. The molecule has 1 N–H and O–H groups in total. The Balaban J connectivity index is 1.39. The minimum Gasteiger partial charge on any atom is -0.372 e. The van der Waals surface area contributed by atoms with E-state index in [9.17, 15) is 0 Å². The number of para-hydroxylation sites is 1. The van der Waals surface area contributed by atoms with E-state index < -0.39 is 0 Å². The van der Waals surface area contributed by atoms with Crippen LogP contribution in [0.2, 0.25) is 5.02 Å². The molecule has 5 rings (SSSR count). The molecule has 3 heterocycles. The highest BCUT2D eigenvalue weighted by Crippen LogP contribution is 2.33. The second-order valence-electron chi connectivity index (χ2n) is 8.92. The fourth-order valence-electron chi connectivity index (χ4n) is 4.69. The fourth-order valence-corrected chi connectivity index (χ4v) is 4.95. The zero-order chi connectivity index (χ0) is 23.7. The molecule has 0 atom stereocenters. The first-order chi connectivity index (χ1) is 16.5. The van der Waals surface area contributed by atoms with E-state index >= 15 is 0 Å². The lowest BCUT2D eigenvalue weighted by Crippen LogP contribution is -2.44. The third-order valence-electron chi connectivity index (χ3n) is 6.75. The minimum atomic E-state index is 0.684. The van der Waals surface area contributed by atoms with Gasteiger partial charge in [-0.1, -0.05) is 62.4 Å². The molecule has 6 heteroatoms. The summed E-state index contributed by atoms with van der Waals surface area (Å²) in [6, 6.07) is 14.2. The molecule has 34 heavy (non-hydrogen) atoms. The van der Waals surface area contributed by atoms with E-state index in [-0.39, 0.29) is 0 Å². The molecule has 1 saturated heterocycles. The molecule has 2 aromatic carbocycles. The summed E-state index contributed by atoms with van der Waals surface area (Å²) in [6.07, 6.45) is 5.20. The summed E-state index contributed by atoms with van der Waals surface area (Å²) in [6.45, 7) is 14.8. The summed E-state index contributed by atoms with van der Waals surface area (Å²) < 4.78 is 0. The molecular weight excluding hydrogens is 442 g/mol. The van der Waals surface area contributed by atoms with Crippen molar-refractivity contribution in [3.63, 3.8) is 0 Å². The van der Waals surface area contributed by atoms with Crippen molar-refractivity contribution in [3.05, 3.63) is 78.2 Å². The van der Waals surface area contributed by atoms with Gasteiger partial charge in [-0.2, -0.15) is 0 Å². The molecule has 0 bridgehead atoms. The molecule has 5 nitrogen and oxygen atoms in total. The van der Waals surface area contributed by atoms with Crippen molar-refractivity contribution in [2.45, 2.75) is 26.2 Å². The Morgan fingerprint density at radius 3 is 2.65 bits per heavy atom. The fraction of sp³-hybridized carbons (Fsp3) is 0.286. The number of allylic oxidation sites excluding steroid dienone is 1. The van der Waals surface area contributed by atoms with E-state index in [2.05, 4.69) is 52.0 Å². The van der Waals surface area contributed by atoms with Gasteiger partial charge in [-0.25, -0.2) is 9.97 Å². The van der Waals surface area contributed by atoms with E-state index in [1.54, 1.807) is 6.33 Å². The quantitative estimate of drug-likeness (QED) is 0.325. The molecule has 0 aliphatic carbocycles. The number of aromatic nitrogens is 3. The van der Waals surface area contributed by atoms with Gasteiger partial charge in [0.15, 0.2) is 0 Å². The van der Waals surface area contributed by atoms with Crippen LogP contribution in [0.25, 0.3) is 38.9 Å². The van der Waals surface area contributed by atoms with E-state index in [0.717, 1.165) is 77.1 Å². The first-order valence-corrected chi connectivity index (χ1v) is 12.3. The van der Waals surface area contributed by atoms with Crippen molar-refractivity contribution in [2.24, 2.45) is 0 Å². The van der Waals surface area contributed by atoms with Crippen molar-refractivity contribution < 1.29 is 0 Å². The zero-order valence-corrected chi connectivity index (χ0v) is 20.4. The van der Waals surface area contributed by atoms with Crippen molar-refractivity contribution in [1.29, 1.82) is 0 Å².